The summed E-state index contributed by atoms with van der Waals surface area (Å²) >= 11 is 0. The van der Waals surface area contributed by atoms with E-state index in [-0.39, 0.29) is 29.8 Å². The third kappa shape index (κ3) is 28.5. The van der Waals surface area contributed by atoms with Crippen molar-refractivity contribution in [3.8, 4) is 0 Å². The minimum absolute atomic E-state index is 0. The first kappa shape index (κ1) is 25.8. The molecule has 0 unspecified atom stereocenters. The average Bonchev–Trinajstić information content (AvgIpc) is 1.00. The van der Waals surface area contributed by atoms with Gasteiger partial charge in [-0.15, -0.1) is 0 Å². The van der Waals surface area contributed by atoms with Gasteiger partial charge in [-0.3, -0.25) is 6.79 Å². The minimum Gasteiger partial charge on any atom is -0.545 e. The SMILES string of the molecule is [CH-]=O.[CH3-].[Ta]. The summed E-state index contributed by atoms with van der Waals surface area (Å²) in [6.07, 6.45) is 0. The molecule has 0 amide bonds. The molecule has 4 heavy (non-hydrogen) atoms. The Bertz CT molecular complexity index is 6.00. The summed E-state index contributed by atoms with van der Waals surface area (Å²) in [5, 5.41) is 0. The van der Waals surface area contributed by atoms with Gasteiger partial charge in [0.2, 0.25) is 0 Å². The van der Waals surface area contributed by atoms with Gasteiger partial charge in [0.05, 0.1) is 0 Å². The first-order valence-electron chi connectivity index (χ1n) is 0.236. The fourth-order valence-corrected chi connectivity index (χ4v) is 0. The molecule has 0 fully saturated rings. The van der Waals surface area contributed by atoms with E-state index >= 15 is 0 Å². The van der Waals surface area contributed by atoms with E-state index in [0.717, 1.165) is 0 Å². The normalized spacial score (nSPS) is 1.00. The van der Waals surface area contributed by atoms with E-state index in [4.69, 9.17) is 4.79 Å². The second-order valence-corrected chi connectivity index (χ2v) is 0. The molecule has 0 atom stereocenters. The van der Waals surface area contributed by atoms with Gasteiger partial charge >= 0.3 is 0 Å². The topological polar surface area (TPSA) is 17.1 Å². The average molecular weight is 225 g/mol. The van der Waals surface area contributed by atoms with Crippen molar-refractivity contribution >= 4 is 6.79 Å². The maximum atomic E-state index is 7.75. The molecule has 25 valence electrons. The molecule has 1 radical (unpaired) electrons. The van der Waals surface area contributed by atoms with Crippen LogP contribution in [0.4, 0.5) is 0 Å². The summed E-state index contributed by atoms with van der Waals surface area (Å²) in [5.41, 5.74) is 0. The van der Waals surface area contributed by atoms with Gasteiger partial charge in [0.1, 0.15) is 0 Å². The second kappa shape index (κ2) is 118. The molecule has 0 aromatic rings. The molecule has 0 N–H and O–H groups in total. The zero-order valence-electron chi connectivity index (χ0n) is 2.43. The molecule has 0 aliphatic heterocycles. The Morgan fingerprint density at radius 2 is 1.25 bits per heavy atom. The summed E-state index contributed by atoms with van der Waals surface area (Å²) in [6.45, 7) is 3.25. The van der Waals surface area contributed by atoms with Crippen LogP contribution in [0.2, 0.25) is 0 Å². The van der Waals surface area contributed by atoms with E-state index in [0.29, 0.717) is 0 Å². The summed E-state index contributed by atoms with van der Waals surface area (Å²) < 4.78 is 0. The van der Waals surface area contributed by atoms with Crippen LogP contribution in [0, 0.1) is 7.43 Å². The van der Waals surface area contributed by atoms with E-state index in [1.165, 1.54) is 0 Å². The van der Waals surface area contributed by atoms with Crippen molar-refractivity contribution in [2.24, 2.45) is 0 Å². The molecular weight excluding hydrogens is 221 g/mol. The van der Waals surface area contributed by atoms with Crippen LogP contribution in [-0.2, 0) is 27.2 Å². The van der Waals surface area contributed by atoms with Crippen molar-refractivity contribution in [3.05, 3.63) is 7.43 Å². The first-order chi connectivity index (χ1) is 1.00. The van der Waals surface area contributed by atoms with Crippen LogP contribution in [0.3, 0.4) is 0 Å². The summed E-state index contributed by atoms with van der Waals surface area (Å²) in [7, 11) is 0. The molecule has 0 aliphatic carbocycles. The predicted molar refractivity (Wildman–Crippen MR) is 13.2 cm³/mol. The Balaban J connectivity index is -0.00000000500. The Morgan fingerprint density at radius 1 is 1.25 bits per heavy atom. The Morgan fingerprint density at radius 3 is 1.25 bits per heavy atom. The minimum atomic E-state index is 0. The summed E-state index contributed by atoms with van der Waals surface area (Å²) in [5.74, 6) is 0. The van der Waals surface area contributed by atoms with Crippen molar-refractivity contribution in [2.75, 3.05) is 0 Å². The van der Waals surface area contributed by atoms with Gasteiger partial charge < -0.3 is 12.2 Å². The number of hydrogen-bond acceptors (Lipinski definition) is 1. The zero-order chi connectivity index (χ0) is 2.00. The molecule has 0 bridgehead atoms. The maximum absolute atomic E-state index is 7.75. The van der Waals surface area contributed by atoms with E-state index in [9.17, 15) is 0 Å². The molecular formula is C2H4OTa-2. The van der Waals surface area contributed by atoms with Gasteiger partial charge in [-0.2, -0.15) is 0 Å². The smallest absolute Gasteiger partial charge is 0 e. The van der Waals surface area contributed by atoms with Crippen LogP contribution in [0.5, 0.6) is 0 Å². The van der Waals surface area contributed by atoms with E-state index in [2.05, 4.69) is 6.79 Å². The second-order valence-electron chi connectivity index (χ2n) is 0. The molecule has 2 heteroatoms. The van der Waals surface area contributed by atoms with Gasteiger partial charge in [-0.05, 0) is 0 Å². The summed E-state index contributed by atoms with van der Waals surface area (Å²) in [6, 6.07) is 0. The number of hydrogen-bond donors (Lipinski definition) is 0. The third-order valence-corrected chi connectivity index (χ3v) is 0. The fraction of sp³-hybridized carbons (Fsp3) is 0. The standard InChI is InChI=1S/CHO.CH3.Ta/c1-2;;/h1H;1H3;/q2*-1;. The molecule has 0 saturated heterocycles. The molecule has 0 heterocycles. The number of rotatable bonds is 0. The molecule has 0 aromatic heterocycles. The van der Waals surface area contributed by atoms with E-state index < -0.39 is 0 Å². The van der Waals surface area contributed by atoms with Crippen molar-refractivity contribution in [2.45, 2.75) is 0 Å². The van der Waals surface area contributed by atoms with Crippen LogP contribution in [-0.4, -0.2) is 6.79 Å². The quantitative estimate of drug-likeness (QED) is 0.424. The van der Waals surface area contributed by atoms with Crippen molar-refractivity contribution < 1.29 is 27.2 Å². The van der Waals surface area contributed by atoms with Crippen LogP contribution < -0.4 is 0 Å². The molecule has 0 aliphatic rings. The van der Waals surface area contributed by atoms with Crippen LogP contribution in [0.25, 0.3) is 0 Å². The van der Waals surface area contributed by atoms with Gasteiger partial charge in [0, 0.05) is 22.4 Å². The molecule has 1 nitrogen and oxygen atoms in total. The first-order valence-corrected chi connectivity index (χ1v) is 0.236. The monoisotopic (exact) mass is 225 g/mol. The van der Waals surface area contributed by atoms with Gasteiger partial charge in [0.25, 0.3) is 0 Å². The van der Waals surface area contributed by atoms with Crippen LogP contribution in [0.15, 0.2) is 0 Å². The van der Waals surface area contributed by atoms with E-state index in [1.807, 2.05) is 0 Å². The number of carbonyl (C=O) groups excluding carboxylic acids is 1. The van der Waals surface area contributed by atoms with Crippen molar-refractivity contribution in [1.82, 2.24) is 0 Å². The molecule has 0 spiro atoms. The van der Waals surface area contributed by atoms with Crippen LogP contribution >= 0.6 is 0 Å². The Labute approximate surface area is 41.9 Å². The molecule has 0 aromatic carbocycles. The van der Waals surface area contributed by atoms with Gasteiger partial charge in [-0.25, -0.2) is 0 Å². The summed E-state index contributed by atoms with van der Waals surface area (Å²) in [4.78, 5) is 7.75. The zero-order valence-corrected chi connectivity index (χ0v) is 5.65. The van der Waals surface area contributed by atoms with Gasteiger partial charge in [-0.1, -0.05) is 0 Å². The Kier molecular flexibility index (Phi) is 759. The molecule has 0 saturated carbocycles. The predicted octanol–water partition coefficient (Wildman–Crippen LogP) is 0.174. The maximum Gasteiger partial charge on any atom is 0 e. The van der Waals surface area contributed by atoms with E-state index in [1.54, 1.807) is 0 Å². The van der Waals surface area contributed by atoms with Crippen LogP contribution in [0.1, 0.15) is 0 Å². The molecule has 0 rings (SSSR count). The Hall–Kier alpha value is 0.410. The largest absolute Gasteiger partial charge is 0.545 e. The fourth-order valence-electron chi connectivity index (χ4n) is 0. The van der Waals surface area contributed by atoms with Gasteiger partial charge in [0.15, 0.2) is 0 Å². The third-order valence-electron chi connectivity index (χ3n) is 0. The van der Waals surface area contributed by atoms with Crippen molar-refractivity contribution in [3.63, 3.8) is 0 Å². The van der Waals surface area contributed by atoms with Crippen molar-refractivity contribution in [1.29, 1.82) is 0 Å².